The number of carbonyl (C=O) groups is 2. The van der Waals surface area contributed by atoms with E-state index in [2.05, 4.69) is 135 Å². The molecule has 2 atom stereocenters. The Morgan fingerprint density at radius 3 is 0.976 bits per heavy atom. The fourth-order valence-corrected chi connectivity index (χ4v) is 9.68. The van der Waals surface area contributed by atoms with Crippen molar-refractivity contribution in [2.24, 2.45) is 0 Å². The number of esters is 2. The van der Waals surface area contributed by atoms with E-state index in [9.17, 15) is 19.0 Å². The second-order valence-electron chi connectivity index (χ2n) is 23.1. The molecular weight excluding hydrogens is 1040 g/mol. The molecule has 0 aliphatic heterocycles. The number of rotatable bonds is 60. The Balaban J connectivity index is 4.00. The summed E-state index contributed by atoms with van der Waals surface area (Å²) in [4.78, 5) is 38.0. The van der Waals surface area contributed by atoms with Gasteiger partial charge in [0.2, 0.25) is 0 Å². The molecule has 0 aromatic rings. The summed E-state index contributed by atoms with van der Waals surface area (Å²) in [6.45, 7) is 4.00. The van der Waals surface area contributed by atoms with Crippen molar-refractivity contribution in [3.8, 4) is 0 Å². The predicted octanol–water partition coefficient (Wildman–Crippen LogP) is 20.9. The van der Waals surface area contributed by atoms with E-state index in [0.29, 0.717) is 23.9 Å². The number of unbranched alkanes of at least 4 members (excludes halogenated alkanes) is 26. The van der Waals surface area contributed by atoms with E-state index in [0.717, 1.165) is 122 Å². The third kappa shape index (κ3) is 65.6. The van der Waals surface area contributed by atoms with Crippen molar-refractivity contribution in [2.45, 2.75) is 277 Å². The zero-order valence-corrected chi connectivity index (χ0v) is 54.3. The topological polar surface area (TPSA) is 111 Å². The van der Waals surface area contributed by atoms with Crippen LogP contribution in [0.15, 0.2) is 122 Å². The lowest BCUT2D eigenvalue weighted by atomic mass is 10.0. The van der Waals surface area contributed by atoms with Crippen molar-refractivity contribution in [1.29, 1.82) is 0 Å². The number of nitrogens with zero attached hydrogens (tertiary/aromatic N) is 1. The Morgan fingerprint density at radius 1 is 0.378 bits per heavy atom. The number of phosphoric acid groups is 1. The van der Waals surface area contributed by atoms with Crippen LogP contribution in [-0.2, 0) is 32.7 Å². The van der Waals surface area contributed by atoms with E-state index in [1.54, 1.807) is 0 Å². The second kappa shape index (κ2) is 62.0. The summed E-state index contributed by atoms with van der Waals surface area (Å²) in [6, 6.07) is 0. The molecule has 9 nitrogen and oxygen atoms in total. The molecule has 0 spiro atoms. The lowest BCUT2D eigenvalue weighted by Gasteiger charge is -2.28. The molecule has 10 heteroatoms. The Bertz CT molecular complexity index is 1800. The van der Waals surface area contributed by atoms with Gasteiger partial charge in [-0.3, -0.25) is 14.2 Å². The molecule has 0 amide bonds. The first-order valence-electron chi connectivity index (χ1n) is 33.2. The summed E-state index contributed by atoms with van der Waals surface area (Å²) < 4.78 is 34.2. The van der Waals surface area contributed by atoms with Crippen LogP contribution in [0.3, 0.4) is 0 Å². The zero-order valence-electron chi connectivity index (χ0n) is 53.4. The summed E-state index contributed by atoms with van der Waals surface area (Å²) in [7, 11) is 1.15. The van der Waals surface area contributed by atoms with Crippen LogP contribution in [0, 0.1) is 0 Å². The highest BCUT2D eigenvalue weighted by Crippen LogP contribution is 2.38. The number of hydrogen-bond acceptors (Lipinski definition) is 8. The van der Waals surface area contributed by atoms with Crippen LogP contribution < -0.4 is 4.89 Å². The smallest absolute Gasteiger partial charge is 0.306 e. The average molecular weight is 1160 g/mol. The van der Waals surface area contributed by atoms with Gasteiger partial charge in [-0.1, -0.05) is 277 Å². The van der Waals surface area contributed by atoms with Crippen LogP contribution in [0.25, 0.3) is 0 Å². The molecule has 0 heterocycles. The second-order valence-corrected chi connectivity index (χ2v) is 24.5. The molecule has 0 N–H and O–H groups in total. The molecule has 0 radical (unpaired) electrons. The van der Waals surface area contributed by atoms with Crippen LogP contribution in [0.2, 0.25) is 0 Å². The fourth-order valence-electron chi connectivity index (χ4n) is 8.95. The van der Waals surface area contributed by atoms with Crippen LogP contribution in [0.1, 0.15) is 271 Å². The van der Waals surface area contributed by atoms with Gasteiger partial charge in [-0.05, 0) is 103 Å². The van der Waals surface area contributed by atoms with E-state index in [1.165, 1.54) is 109 Å². The Kier molecular flexibility index (Phi) is 59.2. The minimum Gasteiger partial charge on any atom is -0.756 e. The summed E-state index contributed by atoms with van der Waals surface area (Å²) in [5, 5.41) is 0. The van der Waals surface area contributed by atoms with Crippen molar-refractivity contribution >= 4 is 19.8 Å². The largest absolute Gasteiger partial charge is 0.756 e. The SMILES string of the molecule is CC/C=C\C/C=C\C/C=C\C/C=C\C/C=C\C/C=C\CCCCCCCCCCCCCCCCCCCCCCC(=O)OC(COC(=O)CCCCCCCC/C=C\C/C=C\C/C=C\C/C=C\CC)COP(=O)([O-])OCC[N+](C)(C)C. The summed E-state index contributed by atoms with van der Waals surface area (Å²) >= 11 is 0. The molecule has 0 fully saturated rings. The molecule has 0 aliphatic rings. The molecule has 82 heavy (non-hydrogen) atoms. The highest BCUT2D eigenvalue weighted by molar-refractivity contribution is 7.45. The predicted molar refractivity (Wildman–Crippen MR) is 351 cm³/mol. The van der Waals surface area contributed by atoms with Gasteiger partial charge in [0, 0.05) is 12.8 Å². The first-order chi connectivity index (χ1) is 40.0. The van der Waals surface area contributed by atoms with E-state index in [-0.39, 0.29) is 26.1 Å². The molecular formula is C72H124NO8P. The van der Waals surface area contributed by atoms with E-state index >= 15 is 0 Å². The Labute approximate surface area is 505 Å². The molecule has 0 saturated heterocycles. The third-order valence-electron chi connectivity index (χ3n) is 14.0. The molecule has 0 aliphatic carbocycles. The minimum absolute atomic E-state index is 0.0371. The van der Waals surface area contributed by atoms with Gasteiger partial charge in [0.25, 0.3) is 7.82 Å². The number of hydrogen-bond donors (Lipinski definition) is 0. The molecule has 0 aromatic carbocycles. The van der Waals surface area contributed by atoms with Gasteiger partial charge in [-0.25, -0.2) is 0 Å². The maximum atomic E-state index is 12.8. The third-order valence-corrected chi connectivity index (χ3v) is 14.9. The van der Waals surface area contributed by atoms with Gasteiger partial charge in [0.15, 0.2) is 6.10 Å². The van der Waals surface area contributed by atoms with Crippen molar-refractivity contribution in [3.05, 3.63) is 122 Å². The highest BCUT2D eigenvalue weighted by Gasteiger charge is 2.22. The van der Waals surface area contributed by atoms with Crippen LogP contribution in [0.4, 0.5) is 0 Å². The number of quaternary nitrogens is 1. The van der Waals surface area contributed by atoms with Crippen molar-refractivity contribution < 1.29 is 42.1 Å². The van der Waals surface area contributed by atoms with E-state index in [4.69, 9.17) is 18.5 Å². The molecule has 2 unspecified atom stereocenters. The molecule has 470 valence electrons. The summed E-state index contributed by atoms with van der Waals surface area (Å²) in [6.07, 6.45) is 88.5. The lowest BCUT2D eigenvalue weighted by molar-refractivity contribution is -0.870. The number of carbonyl (C=O) groups excluding carboxylic acids is 2. The first-order valence-corrected chi connectivity index (χ1v) is 34.7. The standard InChI is InChI=1S/C72H124NO8P/c1-6-8-10-12-14-16-18-20-22-24-26-27-28-29-30-31-32-33-34-35-36-37-38-39-40-41-42-43-44-45-47-49-51-53-55-57-59-61-63-65-72(75)81-70(69-80-82(76,77)79-67-66-73(3,4)5)68-78-71(74)64-62-60-58-56-54-52-50-48-46-25-23-21-19-17-15-13-11-9-7-2/h8-11,14-17,20-23,26-27,29-30,32-33,46,48,70H,6-7,12-13,18-19,24-25,28,31,34-45,47,49-69H2,1-5H3/b10-8-,11-9-,16-14-,17-15-,22-20-,23-21-,27-26-,30-29-,33-32-,48-46-. The van der Waals surface area contributed by atoms with E-state index < -0.39 is 32.5 Å². The number of allylic oxidation sites excluding steroid dienone is 20. The molecule has 0 rings (SSSR count). The van der Waals surface area contributed by atoms with Crippen LogP contribution >= 0.6 is 7.82 Å². The summed E-state index contributed by atoms with van der Waals surface area (Å²) in [5.74, 6) is -0.847. The molecule has 0 saturated carbocycles. The normalized spacial score (nSPS) is 14.0. The highest BCUT2D eigenvalue weighted by atomic mass is 31.2. The average Bonchev–Trinajstić information content (AvgIpc) is 3.46. The zero-order chi connectivity index (χ0) is 59.8. The van der Waals surface area contributed by atoms with Gasteiger partial charge in [-0.2, -0.15) is 0 Å². The summed E-state index contributed by atoms with van der Waals surface area (Å²) in [5.41, 5.74) is 0. The van der Waals surface area contributed by atoms with Crippen molar-refractivity contribution in [3.63, 3.8) is 0 Å². The maximum absolute atomic E-state index is 12.8. The van der Waals surface area contributed by atoms with Gasteiger partial charge >= 0.3 is 11.9 Å². The van der Waals surface area contributed by atoms with Crippen LogP contribution in [0.5, 0.6) is 0 Å². The first kappa shape index (κ1) is 78.4. The number of likely N-dealkylation sites (N-methyl/N-ethyl adjacent to an activating group) is 1. The molecule has 0 aromatic heterocycles. The van der Waals surface area contributed by atoms with Gasteiger partial charge < -0.3 is 27.9 Å². The Hall–Kier alpha value is -3.59. The van der Waals surface area contributed by atoms with Crippen LogP contribution in [-0.4, -0.2) is 70.0 Å². The van der Waals surface area contributed by atoms with Crippen molar-refractivity contribution in [2.75, 3.05) is 47.5 Å². The fraction of sp³-hybridized carbons (Fsp3) is 0.694. The quantitative estimate of drug-likeness (QED) is 0.0195. The molecule has 0 bridgehead atoms. The lowest BCUT2D eigenvalue weighted by Crippen LogP contribution is -2.37. The number of ether oxygens (including phenoxy) is 2. The Morgan fingerprint density at radius 2 is 0.659 bits per heavy atom. The van der Waals surface area contributed by atoms with Gasteiger partial charge in [-0.15, -0.1) is 0 Å². The van der Waals surface area contributed by atoms with Gasteiger partial charge in [0.05, 0.1) is 27.7 Å². The van der Waals surface area contributed by atoms with Crippen molar-refractivity contribution in [1.82, 2.24) is 0 Å². The number of phosphoric ester groups is 1. The maximum Gasteiger partial charge on any atom is 0.306 e. The van der Waals surface area contributed by atoms with E-state index in [1.807, 2.05) is 21.1 Å². The van der Waals surface area contributed by atoms with Gasteiger partial charge in [0.1, 0.15) is 19.8 Å². The minimum atomic E-state index is -4.65. The monoisotopic (exact) mass is 1160 g/mol.